The van der Waals surface area contributed by atoms with E-state index in [0.29, 0.717) is 6.54 Å². The standard InChI is InChI=1S/C10H16N2O/c1-10(2,3)9(13)12-5-4-8(6-11)7-12/h8H,4-5,7H2,1-3H3. The molecule has 13 heavy (non-hydrogen) atoms. The van der Waals surface area contributed by atoms with E-state index in [-0.39, 0.29) is 17.2 Å². The van der Waals surface area contributed by atoms with Gasteiger partial charge in [-0.25, -0.2) is 0 Å². The van der Waals surface area contributed by atoms with Gasteiger partial charge >= 0.3 is 0 Å². The fourth-order valence-electron chi connectivity index (χ4n) is 1.52. The highest BCUT2D eigenvalue weighted by molar-refractivity contribution is 5.81. The smallest absolute Gasteiger partial charge is 0.227 e. The average Bonchev–Trinajstić information content (AvgIpc) is 2.48. The van der Waals surface area contributed by atoms with E-state index in [9.17, 15) is 4.79 Å². The Hall–Kier alpha value is -1.04. The summed E-state index contributed by atoms with van der Waals surface area (Å²) in [6.45, 7) is 7.10. The van der Waals surface area contributed by atoms with Gasteiger partial charge in [0.15, 0.2) is 0 Å². The minimum atomic E-state index is -0.315. The second kappa shape index (κ2) is 3.37. The molecule has 1 rings (SSSR count). The summed E-state index contributed by atoms with van der Waals surface area (Å²) in [4.78, 5) is 13.5. The van der Waals surface area contributed by atoms with Gasteiger partial charge in [-0.15, -0.1) is 0 Å². The molecule has 0 N–H and O–H groups in total. The van der Waals surface area contributed by atoms with E-state index in [1.165, 1.54) is 0 Å². The quantitative estimate of drug-likeness (QED) is 0.565. The third-order valence-corrected chi connectivity index (χ3v) is 2.30. The van der Waals surface area contributed by atoms with Crippen molar-refractivity contribution in [2.45, 2.75) is 27.2 Å². The van der Waals surface area contributed by atoms with Crippen molar-refractivity contribution in [2.75, 3.05) is 13.1 Å². The van der Waals surface area contributed by atoms with Gasteiger partial charge in [-0.05, 0) is 6.42 Å². The molecule has 1 aliphatic rings. The maximum absolute atomic E-state index is 11.7. The Bertz CT molecular complexity index is 247. The minimum Gasteiger partial charge on any atom is -0.341 e. The van der Waals surface area contributed by atoms with Gasteiger partial charge in [0.2, 0.25) is 5.91 Å². The molecule has 0 aromatic carbocycles. The van der Waals surface area contributed by atoms with E-state index in [4.69, 9.17) is 5.26 Å². The van der Waals surface area contributed by atoms with Gasteiger partial charge in [-0.2, -0.15) is 5.26 Å². The molecule has 0 aliphatic carbocycles. The lowest BCUT2D eigenvalue weighted by molar-refractivity contribution is -0.138. The Kier molecular flexibility index (Phi) is 2.60. The molecule has 0 aromatic rings. The van der Waals surface area contributed by atoms with E-state index in [1.54, 1.807) is 4.90 Å². The predicted octanol–water partition coefficient (Wildman–Crippen LogP) is 1.40. The molecule has 1 saturated heterocycles. The van der Waals surface area contributed by atoms with Crippen LogP contribution in [0.15, 0.2) is 0 Å². The molecule has 0 radical (unpaired) electrons. The molecular weight excluding hydrogens is 164 g/mol. The van der Waals surface area contributed by atoms with Crippen molar-refractivity contribution in [3.05, 3.63) is 0 Å². The maximum Gasteiger partial charge on any atom is 0.227 e. The molecule has 1 unspecified atom stereocenters. The van der Waals surface area contributed by atoms with E-state index >= 15 is 0 Å². The van der Waals surface area contributed by atoms with Crippen molar-refractivity contribution < 1.29 is 4.79 Å². The molecule has 1 atom stereocenters. The molecule has 1 aliphatic heterocycles. The predicted molar refractivity (Wildman–Crippen MR) is 49.8 cm³/mol. The maximum atomic E-state index is 11.7. The molecule has 1 amide bonds. The van der Waals surface area contributed by atoms with Gasteiger partial charge in [0.25, 0.3) is 0 Å². The van der Waals surface area contributed by atoms with Crippen molar-refractivity contribution in [1.82, 2.24) is 4.90 Å². The zero-order chi connectivity index (χ0) is 10.1. The summed E-state index contributed by atoms with van der Waals surface area (Å²) in [5.41, 5.74) is -0.315. The van der Waals surface area contributed by atoms with Gasteiger partial charge < -0.3 is 4.90 Å². The number of hydrogen-bond acceptors (Lipinski definition) is 2. The number of carbonyl (C=O) groups excluding carboxylic acids is 1. The SMILES string of the molecule is CC(C)(C)C(=O)N1CCC(C#N)C1. The summed E-state index contributed by atoms with van der Waals surface area (Å²) in [6.07, 6.45) is 0.832. The second-order valence-corrected chi connectivity index (χ2v) is 4.62. The lowest BCUT2D eigenvalue weighted by Crippen LogP contribution is -2.37. The van der Waals surface area contributed by atoms with Crippen LogP contribution in [-0.2, 0) is 4.79 Å². The highest BCUT2D eigenvalue weighted by Crippen LogP contribution is 2.23. The number of amides is 1. The van der Waals surface area contributed by atoms with Crippen LogP contribution in [0.25, 0.3) is 0 Å². The lowest BCUT2D eigenvalue weighted by atomic mass is 9.95. The molecule has 0 saturated carbocycles. The second-order valence-electron chi connectivity index (χ2n) is 4.62. The first-order valence-electron chi connectivity index (χ1n) is 4.64. The Labute approximate surface area is 79.3 Å². The monoisotopic (exact) mass is 180 g/mol. The Morgan fingerprint density at radius 1 is 1.54 bits per heavy atom. The van der Waals surface area contributed by atoms with Crippen molar-refractivity contribution in [2.24, 2.45) is 11.3 Å². The number of carbonyl (C=O) groups is 1. The van der Waals surface area contributed by atoms with Gasteiger partial charge in [0.1, 0.15) is 0 Å². The zero-order valence-electron chi connectivity index (χ0n) is 8.50. The molecule has 1 fully saturated rings. The number of nitriles is 1. The molecule has 0 spiro atoms. The number of nitrogens with zero attached hydrogens (tertiary/aromatic N) is 2. The molecule has 3 nitrogen and oxygen atoms in total. The van der Waals surface area contributed by atoms with Crippen LogP contribution in [0.1, 0.15) is 27.2 Å². The molecule has 0 bridgehead atoms. The summed E-state index contributed by atoms with van der Waals surface area (Å²) in [7, 11) is 0. The summed E-state index contributed by atoms with van der Waals surface area (Å²) in [5, 5.41) is 8.68. The van der Waals surface area contributed by atoms with E-state index < -0.39 is 0 Å². The highest BCUT2D eigenvalue weighted by atomic mass is 16.2. The van der Waals surface area contributed by atoms with Crippen LogP contribution in [0.3, 0.4) is 0 Å². The number of rotatable bonds is 0. The third-order valence-electron chi connectivity index (χ3n) is 2.30. The summed E-state index contributed by atoms with van der Waals surface area (Å²) >= 11 is 0. The minimum absolute atomic E-state index is 0.0475. The summed E-state index contributed by atoms with van der Waals surface area (Å²) < 4.78 is 0. The largest absolute Gasteiger partial charge is 0.341 e. The lowest BCUT2D eigenvalue weighted by Gasteiger charge is -2.25. The molecule has 0 aromatic heterocycles. The van der Waals surface area contributed by atoms with Gasteiger partial charge in [-0.1, -0.05) is 20.8 Å². The number of hydrogen-bond donors (Lipinski definition) is 0. The Morgan fingerprint density at radius 3 is 2.54 bits per heavy atom. The first-order chi connectivity index (χ1) is 5.95. The molecular formula is C10H16N2O. The van der Waals surface area contributed by atoms with Crippen molar-refractivity contribution in [3.8, 4) is 6.07 Å². The van der Waals surface area contributed by atoms with Crippen LogP contribution < -0.4 is 0 Å². The van der Waals surface area contributed by atoms with Crippen LogP contribution >= 0.6 is 0 Å². The first-order valence-corrected chi connectivity index (χ1v) is 4.64. The van der Waals surface area contributed by atoms with E-state index in [1.807, 2.05) is 20.8 Å². The summed E-state index contributed by atoms with van der Waals surface area (Å²) in [5.74, 6) is 0.205. The normalized spacial score (nSPS) is 22.9. The third kappa shape index (κ3) is 2.21. The fourth-order valence-corrected chi connectivity index (χ4v) is 1.52. The van der Waals surface area contributed by atoms with Crippen molar-refractivity contribution in [3.63, 3.8) is 0 Å². The van der Waals surface area contributed by atoms with Crippen LogP contribution in [0.2, 0.25) is 0 Å². The summed E-state index contributed by atoms with van der Waals surface area (Å²) in [6, 6.07) is 2.21. The van der Waals surface area contributed by atoms with Gasteiger partial charge in [0, 0.05) is 18.5 Å². The molecule has 72 valence electrons. The van der Waals surface area contributed by atoms with Crippen LogP contribution in [0, 0.1) is 22.7 Å². The zero-order valence-corrected chi connectivity index (χ0v) is 8.50. The van der Waals surface area contributed by atoms with Crippen LogP contribution in [0.4, 0.5) is 0 Å². The Balaban J connectivity index is 2.58. The van der Waals surface area contributed by atoms with Crippen LogP contribution in [-0.4, -0.2) is 23.9 Å². The van der Waals surface area contributed by atoms with Gasteiger partial charge in [0.05, 0.1) is 12.0 Å². The fraction of sp³-hybridized carbons (Fsp3) is 0.800. The topological polar surface area (TPSA) is 44.1 Å². The first kappa shape index (κ1) is 10.0. The van der Waals surface area contributed by atoms with Crippen molar-refractivity contribution >= 4 is 5.91 Å². The van der Waals surface area contributed by atoms with Crippen LogP contribution in [0.5, 0.6) is 0 Å². The van der Waals surface area contributed by atoms with E-state index in [0.717, 1.165) is 13.0 Å². The molecule has 1 heterocycles. The highest BCUT2D eigenvalue weighted by Gasteiger charge is 2.32. The number of likely N-dealkylation sites (tertiary alicyclic amines) is 1. The average molecular weight is 180 g/mol. The Morgan fingerprint density at radius 2 is 2.15 bits per heavy atom. The van der Waals surface area contributed by atoms with E-state index in [2.05, 4.69) is 6.07 Å². The molecule has 3 heteroatoms. The van der Waals surface area contributed by atoms with Gasteiger partial charge in [-0.3, -0.25) is 4.79 Å². The van der Waals surface area contributed by atoms with Crippen molar-refractivity contribution in [1.29, 1.82) is 5.26 Å².